The van der Waals surface area contributed by atoms with Gasteiger partial charge in [-0.25, -0.2) is 4.39 Å². The molecule has 3 heterocycles. The monoisotopic (exact) mass is 401 g/mol. The number of aromatic nitrogens is 2. The maximum absolute atomic E-state index is 13.1. The Morgan fingerprint density at radius 3 is 2.66 bits per heavy atom. The molecule has 0 spiro atoms. The van der Waals surface area contributed by atoms with E-state index in [0.717, 1.165) is 38.4 Å². The van der Waals surface area contributed by atoms with Crippen LogP contribution in [0.1, 0.15) is 26.5 Å². The van der Waals surface area contributed by atoms with E-state index in [0.29, 0.717) is 31.9 Å². The lowest BCUT2D eigenvalue weighted by molar-refractivity contribution is 0.0383. The smallest absolute Gasteiger partial charge is 0.272 e. The molecule has 0 unspecified atom stereocenters. The van der Waals surface area contributed by atoms with Crippen molar-refractivity contribution in [2.75, 3.05) is 45.9 Å². The number of fused-ring (bicyclic) bond motifs is 1. The fourth-order valence-electron chi connectivity index (χ4n) is 3.55. The van der Waals surface area contributed by atoms with Gasteiger partial charge in [-0.05, 0) is 17.7 Å². The van der Waals surface area contributed by atoms with Gasteiger partial charge in [-0.15, -0.1) is 0 Å². The molecule has 9 heteroatoms. The molecule has 0 aliphatic carbocycles. The summed E-state index contributed by atoms with van der Waals surface area (Å²) < 4.78 is 20.0. The lowest BCUT2D eigenvalue weighted by atomic mass is 10.2. The summed E-state index contributed by atoms with van der Waals surface area (Å²) in [6.07, 6.45) is 0. The van der Waals surface area contributed by atoms with E-state index >= 15 is 0 Å². The fourth-order valence-corrected chi connectivity index (χ4v) is 3.55. The van der Waals surface area contributed by atoms with E-state index in [2.05, 4.69) is 15.3 Å². The third-order valence-corrected chi connectivity index (χ3v) is 5.20. The Hall–Kier alpha value is -2.78. The van der Waals surface area contributed by atoms with Crippen molar-refractivity contribution < 1.29 is 18.7 Å². The van der Waals surface area contributed by atoms with Gasteiger partial charge in [0.2, 0.25) is 0 Å². The second-order valence-electron chi connectivity index (χ2n) is 7.20. The van der Waals surface area contributed by atoms with Crippen LogP contribution in [0.4, 0.5) is 4.39 Å². The van der Waals surface area contributed by atoms with Gasteiger partial charge >= 0.3 is 0 Å². The number of ether oxygens (including phenoxy) is 1. The Bertz CT molecular complexity index is 877. The van der Waals surface area contributed by atoms with E-state index in [1.807, 2.05) is 0 Å². The molecule has 2 amide bonds. The zero-order valence-corrected chi connectivity index (χ0v) is 16.1. The number of carbonyl (C=O) groups is 2. The summed E-state index contributed by atoms with van der Waals surface area (Å²) in [6, 6.07) is 7.65. The molecule has 1 N–H and O–H groups in total. The minimum atomic E-state index is -0.305. The van der Waals surface area contributed by atoms with Crippen molar-refractivity contribution in [3.63, 3.8) is 0 Å². The van der Waals surface area contributed by atoms with Crippen molar-refractivity contribution in [2.45, 2.75) is 13.1 Å². The highest BCUT2D eigenvalue weighted by atomic mass is 19.1. The van der Waals surface area contributed by atoms with Crippen molar-refractivity contribution in [2.24, 2.45) is 0 Å². The number of morpholine rings is 1. The summed E-state index contributed by atoms with van der Waals surface area (Å²) in [4.78, 5) is 29.1. The summed E-state index contributed by atoms with van der Waals surface area (Å²) >= 11 is 0. The van der Waals surface area contributed by atoms with Crippen LogP contribution in [0.15, 0.2) is 30.3 Å². The molecule has 8 nitrogen and oxygen atoms in total. The van der Waals surface area contributed by atoms with E-state index < -0.39 is 0 Å². The number of nitrogens with one attached hydrogen (secondary N) is 1. The maximum Gasteiger partial charge on any atom is 0.272 e. The summed E-state index contributed by atoms with van der Waals surface area (Å²) in [5.41, 5.74) is 1.50. The second-order valence-corrected chi connectivity index (χ2v) is 7.20. The highest BCUT2D eigenvalue weighted by molar-refractivity contribution is 5.98. The van der Waals surface area contributed by atoms with E-state index in [1.165, 1.54) is 12.1 Å². The number of amides is 2. The average molecular weight is 401 g/mol. The van der Waals surface area contributed by atoms with Gasteiger partial charge in [-0.3, -0.25) is 19.2 Å². The van der Waals surface area contributed by atoms with Crippen molar-refractivity contribution in [1.29, 1.82) is 0 Å². The van der Waals surface area contributed by atoms with Gasteiger partial charge < -0.3 is 15.0 Å². The van der Waals surface area contributed by atoms with Crippen molar-refractivity contribution >= 4 is 11.8 Å². The first-order valence-electron chi connectivity index (χ1n) is 9.80. The zero-order chi connectivity index (χ0) is 20.2. The Kier molecular flexibility index (Phi) is 5.86. The number of nitrogens with zero attached hydrogens (tertiary/aromatic N) is 4. The molecule has 2 aliphatic rings. The van der Waals surface area contributed by atoms with Gasteiger partial charge in [-0.2, -0.15) is 5.10 Å². The van der Waals surface area contributed by atoms with Crippen molar-refractivity contribution in [1.82, 2.24) is 24.9 Å². The zero-order valence-electron chi connectivity index (χ0n) is 16.1. The molecule has 154 valence electrons. The first-order chi connectivity index (χ1) is 14.1. The van der Waals surface area contributed by atoms with Crippen LogP contribution < -0.4 is 5.32 Å². The van der Waals surface area contributed by atoms with E-state index in [9.17, 15) is 14.0 Å². The Morgan fingerprint density at radius 2 is 1.90 bits per heavy atom. The highest BCUT2D eigenvalue weighted by Crippen LogP contribution is 2.17. The molecule has 2 aromatic rings. The minimum Gasteiger partial charge on any atom is -0.379 e. The molecule has 0 saturated carbocycles. The number of carbonyl (C=O) groups excluding carboxylic acids is 2. The summed E-state index contributed by atoms with van der Waals surface area (Å²) in [5, 5.41) is 7.16. The number of hydrogen-bond donors (Lipinski definition) is 1. The average Bonchev–Trinajstić information content (AvgIpc) is 3.18. The standard InChI is InChI=1S/C20H24FN5O3/c21-16-3-1-15(2-4-16)14-25-7-8-26-18(20(25)28)13-17(23-26)19(27)22-5-6-24-9-11-29-12-10-24/h1-4,13H,5-12,14H2,(H,22,27). The Morgan fingerprint density at radius 1 is 1.14 bits per heavy atom. The van der Waals surface area contributed by atoms with Crippen LogP contribution in [-0.4, -0.2) is 77.3 Å². The molecule has 0 radical (unpaired) electrons. The quantitative estimate of drug-likeness (QED) is 0.773. The molecule has 2 aliphatic heterocycles. The van der Waals surface area contributed by atoms with Gasteiger partial charge in [0.15, 0.2) is 5.69 Å². The van der Waals surface area contributed by atoms with Gasteiger partial charge in [-0.1, -0.05) is 12.1 Å². The predicted molar refractivity (Wildman–Crippen MR) is 103 cm³/mol. The fraction of sp³-hybridized carbons (Fsp3) is 0.450. The summed E-state index contributed by atoms with van der Waals surface area (Å²) in [5.74, 6) is -0.764. The number of hydrogen-bond acceptors (Lipinski definition) is 5. The molecule has 1 aromatic carbocycles. The summed E-state index contributed by atoms with van der Waals surface area (Å²) in [6.45, 7) is 5.85. The molecule has 29 heavy (non-hydrogen) atoms. The molecule has 1 fully saturated rings. The van der Waals surface area contributed by atoms with Crippen LogP contribution in [0.5, 0.6) is 0 Å². The highest BCUT2D eigenvalue weighted by Gasteiger charge is 2.28. The molecular weight excluding hydrogens is 377 g/mol. The minimum absolute atomic E-state index is 0.180. The van der Waals surface area contributed by atoms with Crippen molar-refractivity contribution in [3.8, 4) is 0 Å². The molecule has 0 bridgehead atoms. The summed E-state index contributed by atoms with van der Waals surface area (Å²) in [7, 11) is 0. The van der Waals surface area contributed by atoms with Crippen LogP contribution in [0, 0.1) is 5.82 Å². The van der Waals surface area contributed by atoms with Crippen LogP contribution in [0.3, 0.4) is 0 Å². The lowest BCUT2D eigenvalue weighted by Crippen LogP contribution is -2.41. The van der Waals surface area contributed by atoms with Gasteiger partial charge in [0, 0.05) is 45.3 Å². The lowest BCUT2D eigenvalue weighted by Gasteiger charge is -2.27. The van der Waals surface area contributed by atoms with Crippen LogP contribution >= 0.6 is 0 Å². The Balaban J connectivity index is 1.34. The number of rotatable bonds is 6. The predicted octanol–water partition coefficient (Wildman–Crippen LogP) is 0.740. The largest absolute Gasteiger partial charge is 0.379 e. The normalized spacial score (nSPS) is 17.3. The topological polar surface area (TPSA) is 79.7 Å². The second kappa shape index (κ2) is 8.71. The van der Waals surface area contributed by atoms with Crippen LogP contribution in [-0.2, 0) is 17.8 Å². The van der Waals surface area contributed by atoms with Gasteiger partial charge in [0.1, 0.15) is 11.5 Å². The van der Waals surface area contributed by atoms with Crippen LogP contribution in [0.25, 0.3) is 0 Å². The van der Waals surface area contributed by atoms with E-state index in [-0.39, 0.29) is 23.3 Å². The van der Waals surface area contributed by atoms with Gasteiger partial charge in [0.25, 0.3) is 11.8 Å². The Labute approximate surface area is 168 Å². The first kappa shape index (κ1) is 19.5. The third kappa shape index (κ3) is 4.63. The molecule has 0 atom stereocenters. The van der Waals surface area contributed by atoms with Crippen molar-refractivity contribution in [3.05, 3.63) is 53.1 Å². The first-order valence-corrected chi connectivity index (χ1v) is 9.80. The molecular formula is C20H24FN5O3. The van der Waals surface area contributed by atoms with Crippen LogP contribution in [0.2, 0.25) is 0 Å². The van der Waals surface area contributed by atoms with E-state index in [4.69, 9.17) is 4.74 Å². The molecule has 4 rings (SSSR count). The van der Waals surface area contributed by atoms with Gasteiger partial charge in [0.05, 0.1) is 19.8 Å². The number of halogens is 1. The number of benzene rings is 1. The molecule has 1 saturated heterocycles. The van der Waals surface area contributed by atoms with E-state index in [1.54, 1.807) is 27.8 Å². The maximum atomic E-state index is 13.1. The SMILES string of the molecule is O=C(NCCN1CCOCC1)c1cc2n(n1)CCN(Cc1ccc(F)cc1)C2=O. The molecule has 1 aromatic heterocycles. The third-order valence-electron chi connectivity index (χ3n) is 5.20.